The Morgan fingerprint density at radius 2 is 1.77 bits per heavy atom. The average Bonchev–Trinajstić information content (AvgIpc) is 2.60. The van der Waals surface area contributed by atoms with Crippen LogP contribution < -0.4 is 10.4 Å². The highest BCUT2D eigenvalue weighted by molar-refractivity contribution is 7.58. The first-order chi connectivity index (χ1) is 12.3. The molecule has 2 atom stereocenters. The van der Waals surface area contributed by atoms with Gasteiger partial charge in [0.15, 0.2) is 0 Å². The summed E-state index contributed by atoms with van der Waals surface area (Å²) in [6.45, 7) is 5.98. The van der Waals surface area contributed by atoms with E-state index in [1.165, 1.54) is 0 Å². The first-order valence-electron chi connectivity index (χ1n) is 8.29. The van der Waals surface area contributed by atoms with Crippen LogP contribution in [0, 0.1) is 0 Å². The van der Waals surface area contributed by atoms with Crippen molar-refractivity contribution in [1.29, 1.82) is 0 Å². The molecule has 2 N–H and O–H groups in total. The Balaban J connectivity index is 4.72. The van der Waals surface area contributed by atoms with E-state index in [0.717, 1.165) is 0 Å². The van der Waals surface area contributed by atoms with E-state index < -0.39 is 31.3 Å². The number of rotatable bonds is 13. The molecule has 0 aromatic heterocycles. The van der Waals surface area contributed by atoms with Crippen LogP contribution in [0.4, 0.5) is 0 Å². The van der Waals surface area contributed by atoms with Gasteiger partial charge in [-0.15, -0.1) is 0 Å². The van der Waals surface area contributed by atoms with Gasteiger partial charge in [0.25, 0.3) is 0 Å². The molecule has 0 rings (SSSR count). The fourth-order valence-electron chi connectivity index (χ4n) is 1.76. The summed E-state index contributed by atoms with van der Waals surface area (Å²) in [5.74, 6) is -1.77. The van der Waals surface area contributed by atoms with Crippen molar-refractivity contribution in [2.45, 2.75) is 26.3 Å². The molecule has 11 heteroatoms. The quantitative estimate of drug-likeness (QED) is 0.263. The molecule has 0 saturated heterocycles. The third-order valence-corrected chi connectivity index (χ3v) is 5.32. The molecule has 10 nitrogen and oxygen atoms in total. The maximum absolute atomic E-state index is 12.2. The molecule has 0 bridgehead atoms. The predicted molar refractivity (Wildman–Crippen MR) is 96.8 cm³/mol. The molecule has 0 aliphatic carbocycles. The molecule has 0 saturated carbocycles. The normalized spacial score (nSPS) is 14.0. The zero-order valence-electron chi connectivity index (χ0n) is 16.1. The van der Waals surface area contributed by atoms with Crippen LogP contribution in [0.15, 0.2) is 4.74 Å². The van der Waals surface area contributed by atoms with E-state index in [9.17, 15) is 14.4 Å². The third-order valence-electron chi connectivity index (χ3n) is 3.13. The Morgan fingerprint density at radius 1 is 1.12 bits per heavy atom. The lowest BCUT2D eigenvalue weighted by Gasteiger charge is -2.22. The minimum atomic E-state index is -2.33. The Kier molecular flexibility index (Phi) is 12.9. The summed E-state index contributed by atoms with van der Waals surface area (Å²) >= 11 is 0. The number of ether oxygens (including phenoxy) is 3. The van der Waals surface area contributed by atoms with Gasteiger partial charge in [-0.3, -0.25) is 19.4 Å². The molecule has 1 amide bonds. The van der Waals surface area contributed by atoms with Crippen LogP contribution in [0.2, 0.25) is 0 Å². The monoisotopic (exact) mass is 395 g/mol. The molecular formula is C15H30N3O7P. The fourth-order valence-corrected chi connectivity index (χ4v) is 2.97. The molecule has 2 unspecified atom stereocenters. The molecular weight excluding hydrogens is 365 g/mol. The molecule has 26 heavy (non-hydrogen) atoms. The van der Waals surface area contributed by atoms with Gasteiger partial charge in [0, 0.05) is 20.8 Å². The molecule has 0 fully saturated rings. The van der Waals surface area contributed by atoms with Gasteiger partial charge in [-0.1, -0.05) is 0 Å². The number of amides is 1. The van der Waals surface area contributed by atoms with Crippen LogP contribution in [-0.2, 0) is 33.1 Å². The third kappa shape index (κ3) is 10.5. The molecule has 0 aliphatic rings. The van der Waals surface area contributed by atoms with Gasteiger partial charge in [-0.25, -0.2) is 4.79 Å². The number of esters is 2. The van der Waals surface area contributed by atoms with Gasteiger partial charge in [0.2, 0.25) is 5.91 Å². The maximum atomic E-state index is 12.2. The number of hydrogen-bond acceptors (Lipinski definition) is 8. The van der Waals surface area contributed by atoms with Crippen LogP contribution in [-0.4, -0.2) is 77.7 Å². The Morgan fingerprint density at radius 3 is 2.31 bits per heavy atom. The van der Waals surface area contributed by atoms with Crippen LogP contribution >= 0.6 is 7.43 Å². The van der Waals surface area contributed by atoms with Gasteiger partial charge in [0.05, 0.1) is 39.4 Å². The minimum Gasteiger partial charge on any atom is -0.466 e. The number of hydrogen-bond donors (Lipinski definition) is 2. The van der Waals surface area contributed by atoms with Crippen molar-refractivity contribution in [2.75, 3.05) is 53.8 Å². The first-order valence-corrected chi connectivity index (χ1v) is 10.4. The summed E-state index contributed by atoms with van der Waals surface area (Å²) in [6.07, 6.45) is -0.298. The lowest BCUT2D eigenvalue weighted by Crippen LogP contribution is -2.46. The van der Waals surface area contributed by atoms with Crippen molar-refractivity contribution >= 4 is 25.3 Å². The second-order valence-corrected chi connectivity index (χ2v) is 7.85. The average molecular weight is 395 g/mol. The Bertz CT molecular complexity index is 513. The van der Waals surface area contributed by atoms with Crippen molar-refractivity contribution in [1.82, 2.24) is 10.4 Å². The minimum absolute atomic E-state index is 0.132. The van der Waals surface area contributed by atoms with Crippen molar-refractivity contribution < 1.29 is 33.1 Å². The fraction of sp³-hybridized carbons (Fsp3) is 0.800. The summed E-state index contributed by atoms with van der Waals surface area (Å²) in [5.41, 5.74) is 0. The van der Waals surface area contributed by atoms with E-state index in [2.05, 4.69) is 15.1 Å². The lowest BCUT2D eigenvalue weighted by atomic mass is 10.2. The van der Waals surface area contributed by atoms with E-state index in [1.54, 1.807) is 34.7 Å². The molecule has 0 radical (unpaired) electrons. The number of methoxy groups -OCH3 is 1. The van der Waals surface area contributed by atoms with E-state index >= 15 is 0 Å². The highest BCUT2D eigenvalue weighted by atomic mass is 31.2. The summed E-state index contributed by atoms with van der Waals surface area (Å²) in [5, 5.41) is 5.42. The van der Waals surface area contributed by atoms with Gasteiger partial charge in [-0.05, 0) is 13.8 Å². The molecule has 152 valence electrons. The van der Waals surface area contributed by atoms with Gasteiger partial charge in [-0.2, -0.15) is 0 Å². The largest absolute Gasteiger partial charge is 0.466 e. The standard InChI is InChI=1S/C15H30N3O7P/c1-6-23-14(20)10-12(15(21)24-7-2)18-13(19)11-17-26(5,16-3)25-9-8-22-4/h12,17H,6-11H2,1-5H3,(H,18,19). The molecule has 0 aliphatic heterocycles. The van der Waals surface area contributed by atoms with Gasteiger partial charge < -0.3 is 24.1 Å². The number of nitrogens with zero attached hydrogens (tertiary/aromatic N) is 1. The van der Waals surface area contributed by atoms with Crippen LogP contribution in [0.3, 0.4) is 0 Å². The van der Waals surface area contributed by atoms with Crippen molar-refractivity contribution in [3.05, 3.63) is 0 Å². The summed E-state index contributed by atoms with van der Waals surface area (Å²) < 4.78 is 24.4. The summed E-state index contributed by atoms with van der Waals surface area (Å²) in [7, 11) is 0.823. The van der Waals surface area contributed by atoms with E-state index in [1.807, 2.05) is 0 Å². The molecule has 0 heterocycles. The lowest BCUT2D eigenvalue weighted by molar-refractivity contribution is -0.153. The molecule has 0 aromatic carbocycles. The Labute approximate surface area is 154 Å². The van der Waals surface area contributed by atoms with Crippen molar-refractivity contribution in [3.63, 3.8) is 0 Å². The van der Waals surface area contributed by atoms with Gasteiger partial charge >= 0.3 is 11.9 Å². The SMILES string of the molecule is CCOC(=O)CC(NC(=O)CNP(C)(=NC)OCCOC)C(=O)OCC. The van der Waals surface area contributed by atoms with Crippen molar-refractivity contribution in [3.8, 4) is 0 Å². The summed E-state index contributed by atoms with van der Waals surface area (Å²) in [4.78, 5) is 35.7. The van der Waals surface area contributed by atoms with E-state index in [4.69, 9.17) is 18.7 Å². The Hall–Kier alpha value is -1.48. The van der Waals surface area contributed by atoms with E-state index in [-0.39, 0.29) is 26.2 Å². The second-order valence-electron chi connectivity index (χ2n) is 5.12. The smallest absolute Gasteiger partial charge is 0.329 e. The van der Waals surface area contributed by atoms with Crippen LogP contribution in [0.1, 0.15) is 20.3 Å². The maximum Gasteiger partial charge on any atom is 0.329 e. The van der Waals surface area contributed by atoms with Crippen LogP contribution in [0.5, 0.6) is 0 Å². The molecule has 0 aromatic rings. The molecule has 0 spiro atoms. The van der Waals surface area contributed by atoms with Crippen LogP contribution in [0.25, 0.3) is 0 Å². The second kappa shape index (κ2) is 13.7. The van der Waals surface area contributed by atoms with Gasteiger partial charge in [0.1, 0.15) is 13.5 Å². The highest BCUT2D eigenvalue weighted by Gasteiger charge is 2.26. The highest BCUT2D eigenvalue weighted by Crippen LogP contribution is 2.40. The van der Waals surface area contributed by atoms with E-state index in [0.29, 0.717) is 13.2 Å². The number of nitrogens with one attached hydrogen (secondary N) is 2. The number of carbonyl (C=O) groups excluding carboxylic acids is 3. The zero-order chi connectivity index (χ0) is 20.0. The van der Waals surface area contributed by atoms with Crippen molar-refractivity contribution in [2.24, 2.45) is 4.74 Å². The predicted octanol–water partition coefficient (Wildman–Crippen LogP) is 0.531. The summed E-state index contributed by atoms with van der Waals surface area (Å²) in [6, 6.07) is -1.11. The zero-order valence-corrected chi connectivity index (χ0v) is 17.0. The topological polar surface area (TPSA) is 125 Å². The first kappa shape index (κ1) is 24.5. The number of carbonyl (C=O) groups is 3.